The Labute approximate surface area is 95.5 Å². The van der Waals surface area contributed by atoms with Gasteiger partial charge >= 0.3 is 5.69 Å². The van der Waals surface area contributed by atoms with E-state index in [4.69, 9.17) is 0 Å². The van der Waals surface area contributed by atoms with Crippen molar-refractivity contribution in [2.45, 2.75) is 13.8 Å². The maximum absolute atomic E-state index is 11.2. The smallest absolute Gasteiger partial charge is 0.353 e. The number of carbonyl (C=O) groups excluding carboxylic acids is 2. The van der Waals surface area contributed by atoms with Crippen molar-refractivity contribution < 1.29 is 24.7 Å². The molecule has 0 atom stereocenters. The van der Waals surface area contributed by atoms with Crippen LogP contribution in [-0.4, -0.2) is 26.7 Å². The van der Waals surface area contributed by atoms with Crippen LogP contribution in [0.5, 0.6) is 11.5 Å². The minimum absolute atomic E-state index is 0.375. The molecule has 0 aliphatic carbocycles. The molecule has 1 rings (SSSR count). The number of benzene rings is 1. The predicted molar refractivity (Wildman–Crippen MR) is 56.4 cm³/mol. The summed E-state index contributed by atoms with van der Waals surface area (Å²) in [5.41, 5.74) is -1.79. The molecule has 0 aromatic heterocycles. The van der Waals surface area contributed by atoms with Crippen LogP contribution in [0.4, 0.5) is 5.69 Å². The Bertz CT molecular complexity index is 496. The number of phenolic OH excluding ortho intramolecular Hbond substituents is 2. The van der Waals surface area contributed by atoms with Crippen LogP contribution >= 0.6 is 0 Å². The molecule has 0 saturated carbocycles. The maximum Gasteiger partial charge on any atom is 0.353 e. The van der Waals surface area contributed by atoms with Gasteiger partial charge in [-0.3, -0.25) is 19.7 Å². The molecule has 0 unspecified atom stereocenters. The average Bonchev–Trinajstić information content (AvgIpc) is 2.15. The third-order valence-electron chi connectivity index (χ3n) is 2.19. The molecule has 0 spiro atoms. The van der Waals surface area contributed by atoms with E-state index in [0.717, 1.165) is 19.9 Å². The molecule has 17 heavy (non-hydrogen) atoms. The minimum atomic E-state index is -1.05. The second kappa shape index (κ2) is 4.20. The van der Waals surface area contributed by atoms with Crippen molar-refractivity contribution in [2.75, 3.05) is 0 Å². The Morgan fingerprint density at radius 3 is 1.71 bits per heavy atom. The summed E-state index contributed by atoms with van der Waals surface area (Å²) in [4.78, 5) is 31.9. The van der Waals surface area contributed by atoms with Crippen molar-refractivity contribution in [1.29, 1.82) is 0 Å². The van der Waals surface area contributed by atoms with Gasteiger partial charge in [-0.05, 0) is 19.9 Å². The van der Waals surface area contributed by atoms with Gasteiger partial charge in [0.25, 0.3) is 0 Å². The van der Waals surface area contributed by atoms with Gasteiger partial charge in [0.15, 0.2) is 11.6 Å². The molecular weight excluding hydrogens is 230 g/mol. The van der Waals surface area contributed by atoms with Gasteiger partial charge in [0.2, 0.25) is 11.5 Å². The second-order valence-corrected chi connectivity index (χ2v) is 3.39. The first-order chi connectivity index (χ1) is 7.77. The quantitative estimate of drug-likeness (QED) is 0.467. The topological polar surface area (TPSA) is 118 Å². The van der Waals surface area contributed by atoms with Gasteiger partial charge in [-0.15, -0.1) is 0 Å². The van der Waals surface area contributed by atoms with E-state index in [0.29, 0.717) is 0 Å². The van der Waals surface area contributed by atoms with Crippen LogP contribution in [0, 0.1) is 10.1 Å². The van der Waals surface area contributed by atoms with E-state index in [-0.39, 0.29) is 11.1 Å². The molecule has 90 valence electrons. The highest BCUT2D eigenvalue weighted by Crippen LogP contribution is 2.41. The number of hydrogen-bond acceptors (Lipinski definition) is 6. The van der Waals surface area contributed by atoms with E-state index in [1.165, 1.54) is 0 Å². The monoisotopic (exact) mass is 239 g/mol. The van der Waals surface area contributed by atoms with E-state index in [9.17, 15) is 29.9 Å². The molecule has 7 heteroatoms. The molecule has 1 aromatic carbocycles. The number of phenols is 2. The molecule has 1 aromatic rings. The van der Waals surface area contributed by atoms with Crippen LogP contribution in [0.1, 0.15) is 34.6 Å². The van der Waals surface area contributed by atoms with Crippen molar-refractivity contribution in [3.63, 3.8) is 0 Å². The fourth-order valence-corrected chi connectivity index (χ4v) is 1.36. The number of nitro benzene ring substituents is 1. The van der Waals surface area contributed by atoms with Crippen LogP contribution in [-0.2, 0) is 0 Å². The van der Waals surface area contributed by atoms with Crippen molar-refractivity contribution in [3.8, 4) is 11.5 Å². The van der Waals surface area contributed by atoms with Crippen LogP contribution in [0.15, 0.2) is 6.07 Å². The van der Waals surface area contributed by atoms with Crippen molar-refractivity contribution in [3.05, 3.63) is 27.3 Å². The summed E-state index contributed by atoms with van der Waals surface area (Å²) in [6.07, 6.45) is 0. The molecule has 0 radical (unpaired) electrons. The van der Waals surface area contributed by atoms with Crippen LogP contribution in [0.25, 0.3) is 0 Å². The van der Waals surface area contributed by atoms with Crippen LogP contribution in [0.2, 0.25) is 0 Å². The van der Waals surface area contributed by atoms with Crippen LogP contribution in [0.3, 0.4) is 0 Å². The average molecular weight is 239 g/mol. The number of hydrogen-bond donors (Lipinski definition) is 2. The standard InChI is InChI=1S/C10H9NO6/c1-4(12)6-3-7(5(2)13)10(15)8(9(6)14)11(16)17/h3,14-15H,1-2H3. The summed E-state index contributed by atoms with van der Waals surface area (Å²) in [6, 6.07) is 0.933. The van der Waals surface area contributed by atoms with Gasteiger partial charge in [-0.25, -0.2) is 0 Å². The zero-order valence-electron chi connectivity index (χ0n) is 9.05. The Balaban J connectivity index is 3.76. The van der Waals surface area contributed by atoms with Gasteiger partial charge in [0, 0.05) is 0 Å². The first-order valence-corrected chi connectivity index (χ1v) is 4.52. The molecule has 0 aliphatic heterocycles. The Hall–Kier alpha value is -2.44. The highest BCUT2D eigenvalue weighted by Gasteiger charge is 2.29. The summed E-state index contributed by atoms with van der Waals surface area (Å²) in [5, 5.41) is 29.6. The van der Waals surface area contributed by atoms with Gasteiger partial charge in [-0.1, -0.05) is 0 Å². The molecule has 0 fully saturated rings. The highest BCUT2D eigenvalue weighted by molar-refractivity contribution is 6.05. The fourth-order valence-electron chi connectivity index (χ4n) is 1.36. The van der Waals surface area contributed by atoms with E-state index < -0.39 is 33.7 Å². The number of ketones is 2. The lowest BCUT2D eigenvalue weighted by molar-refractivity contribution is -0.386. The number of carbonyl (C=O) groups is 2. The zero-order valence-corrected chi connectivity index (χ0v) is 9.05. The molecule has 0 aliphatic rings. The zero-order chi connectivity index (χ0) is 13.3. The van der Waals surface area contributed by atoms with E-state index in [1.54, 1.807) is 0 Å². The Morgan fingerprint density at radius 1 is 1.12 bits per heavy atom. The molecule has 0 saturated heterocycles. The normalized spacial score (nSPS) is 10.0. The highest BCUT2D eigenvalue weighted by atomic mass is 16.6. The first kappa shape index (κ1) is 12.6. The molecule has 7 nitrogen and oxygen atoms in total. The number of Topliss-reactive ketones (excluding diaryl/α,β-unsaturated/α-hetero) is 2. The lowest BCUT2D eigenvalue weighted by Crippen LogP contribution is -2.03. The van der Waals surface area contributed by atoms with E-state index in [2.05, 4.69) is 0 Å². The number of nitrogens with zero attached hydrogens (tertiary/aromatic N) is 1. The summed E-state index contributed by atoms with van der Waals surface area (Å²) < 4.78 is 0. The molecule has 2 N–H and O–H groups in total. The number of aromatic hydroxyl groups is 2. The van der Waals surface area contributed by atoms with Gasteiger partial charge in [-0.2, -0.15) is 0 Å². The third-order valence-corrected chi connectivity index (χ3v) is 2.19. The number of rotatable bonds is 3. The maximum atomic E-state index is 11.2. The number of nitro groups is 1. The molecular formula is C10H9NO6. The van der Waals surface area contributed by atoms with Crippen molar-refractivity contribution >= 4 is 17.3 Å². The van der Waals surface area contributed by atoms with E-state index in [1.807, 2.05) is 0 Å². The minimum Gasteiger partial charge on any atom is -0.501 e. The van der Waals surface area contributed by atoms with Gasteiger partial charge < -0.3 is 10.2 Å². The summed E-state index contributed by atoms with van der Waals surface area (Å²) in [5.74, 6) is -3.17. The largest absolute Gasteiger partial charge is 0.501 e. The van der Waals surface area contributed by atoms with Crippen molar-refractivity contribution in [2.24, 2.45) is 0 Å². The molecule has 0 heterocycles. The van der Waals surface area contributed by atoms with Crippen molar-refractivity contribution in [1.82, 2.24) is 0 Å². The second-order valence-electron chi connectivity index (χ2n) is 3.39. The summed E-state index contributed by atoms with van der Waals surface area (Å²) in [7, 11) is 0. The van der Waals surface area contributed by atoms with E-state index >= 15 is 0 Å². The summed E-state index contributed by atoms with van der Waals surface area (Å²) in [6.45, 7) is 2.17. The fraction of sp³-hybridized carbons (Fsp3) is 0.200. The van der Waals surface area contributed by atoms with Crippen LogP contribution < -0.4 is 0 Å². The Kier molecular flexibility index (Phi) is 3.12. The van der Waals surface area contributed by atoms with Gasteiger partial charge in [0.1, 0.15) is 0 Å². The summed E-state index contributed by atoms with van der Waals surface area (Å²) >= 11 is 0. The van der Waals surface area contributed by atoms with Gasteiger partial charge in [0.05, 0.1) is 16.1 Å². The predicted octanol–water partition coefficient (Wildman–Crippen LogP) is 1.41. The Morgan fingerprint density at radius 2 is 1.47 bits per heavy atom. The first-order valence-electron chi connectivity index (χ1n) is 4.52. The molecule has 0 amide bonds. The SMILES string of the molecule is CC(=O)c1cc(C(C)=O)c(O)c([N+](=O)[O-])c1O. The molecule has 0 bridgehead atoms. The third kappa shape index (κ3) is 2.07. The lowest BCUT2D eigenvalue weighted by Gasteiger charge is -2.07. The lowest BCUT2D eigenvalue weighted by atomic mass is 10.0.